The summed E-state index contributed by atoms with van der Waals surface area (Å²) >= 11 is 0. The second-order valence-electron chi connectivity index (χ2n) is 2.06. The molecular formula is C8H12O3. The van der Waals surface area contributed by atoms with Gasteiger partial charge in [0, 0.05) is 19.4 Å². The van der Waals surface area contributed by atoms with Gasteiger partial charge in [-0.1, -0.05) is 0 Å². The van der Waals surface area contributed by atoms with Crippen LogP contribution >= 0.6 is 0 Å². The molecule has 0 saturated heterocycles. The van der Waals surface area contributed by atoms with Crippen molar-refractivity contribution in [3.05, 3.63) is 0 Å². The second-order valence-corrected chi connectivity index (χ2v) is 2.06. The Hall–Kier alpha value is -1.01. The van der Waals surface area contributed by atoms with E-state index < -0.39 is 5.97 Å². The fraction of sp³-hybridized carbons (Fsp3) is 0.625. The predicted octanol–water partition coefficient (Wildman–Crippen LogP) is 0.891. The third kappa shape index (κ3) is 8.99. The molecule has 0 heterocycles. The van der Waals surface area contributed by atoms with E-state index in [1.54, 1.807) is 0 Å². The van der Waals surface area contributed by atoms with Crippen LogP contribution in [0.4, 0.5) is 0 Å². The van der Waals surface area contributed by atoms with Crippen molar-refractivity contribution in [3.8, 4) is 12.3 Å². The van der Waals surface area contributed by atoms with Crippen molar-refractivity contribution in [1.29, 1.82) is 0 Å². The number of carbonyl (C=O) groups is 1. The molecule has 0 aliphatic carbocycles. The number of aliphatic carboxylic acids is 1. The molecule has 1 N–H and O–H groups in total. The molecule has 0 atom stereocenters. The van der Waals surface area contributed by atoms with E-state index in [-0.39, 0.29) is 6.42 Å². The lowest BCUT2D eigenvalue weighted by Gasteiger charge is -1.98. The van der Waals surface area contributed by atoms with Gasteiger partial charge >= 0.3 is 5.97 Å². The molecule has 11 heavy (non-hydrogen) atoms. The molecule has 62 valence electrons. The van der Waals surface area contributed by atoms with Gasteiger partial charge in [0.05, 0.1) is 6.61 Å². The van der Waals surface area contributed by atoms with Crippen LogP contribution < -0.4 is 0 Å². The highest BCUT2D eigenvalue weighted by Gasteiger charge is 1.94. The average molecular weight is 156 g/mol. The summed E-state index contributed by atoms with van der Waals surface area (Å²) in [5.74, 6) is 1.64. The Morgan fingerprint density at radius 3 is 2.82 bits per heavy atom. The third-order valence-corrected chi connectivity index (χ3v) is 1.07. The van der Waals surface area contributed by atoms with Crippen LogP contribution in [0.1, 0.15) is 19.3 Å². The smallest absolute Gasteiger partial charge is 0.303 e. The molecule has 0 aromatic heterocycles. The van der Waals surface area contributed by atoms with Crippen LogP contribution in [0.3, 0.4) is 0 Å². The highest BCUT2D eigenvalue weighted by Crippen LogP contribution is 1.90. The van der Waals surface area contributed by atoms with Gasteiger partial charge in [0.2, 0.25) is 0 Å². The SMILES string of the molecule is C#CCCOCCCC(=O)O. The summed E-state index contributed by atoms with van der Waals surface area (Å²) in [7, 11) is 0. The largest absolute Gasteiger partial charge is 0.481 e. The average Bonchev–Trinajstić information content (AvgIpc) is 1.96. The summed E-state index contributed by atoms with van der Waals surface area (Å²) in [6, 6.07) is 0. The first-order chi connectivity index (χ1) is 5.27. The lowest BCUT2D eigenvalue weighted by Crippen LogP contribution is -2.00. The fourth-order valence-corrected chi connectivity index (χ4v) is 0.559. The highest BCUT2D eigenvalue weighted by molar-refractivity contribution is 5.66. The minimum atomic E-state index is -0.787. The van der Waals surface area contributed by atoms with E-state index in [9.17, 15) is 4.79 Å². The molecule has 0 radical (unpaired) electrons. The maximum absolute atomic E-state index is 10.0. The summed E-state index contributed by atoms with van der Waals surface area (Å²) < 4.78 is 5.02. The van der Waals surface area contributed by atoms with Crippen molar-refractivity contribution in [2.24, 2.45) is 0 Å². The normalized spacial score (nSPS) is 9.00. The van der Waals surface area contributed by atoms with Crippen molar-refractivity contribution in [3.63, 3.8) is 0 Å². The number of carboxylic acids is 1. The molecule has 0 unspecified atom stereocenters. The van der Waals surface area contributed by atoms with Gasteiger partial charge in [-0.3, -0.25) is 4.79 Å². The first-order valence-corrected chi connectivity index (χ1v) is 3.50. The number of terminal acetylenes is 1. The molecule has 3 heteroatoms. The zero-order chi connectivity index (χ0) is 8.53. The molecule has 0 amide bonds. The molecule has 0 fully saturated rings. The number of carboxylic acid groups (broad SMARTS) is 1. The molecule has 0 rings (SSSR count). The van der Waals surface area contributed by atoms with Crippen LogP contribution in [0, 0.1) is 12.3 Å². The van der Waals surface area contributed by atoms with Crippen LogP contribution in [-0.4, -0.2) is 24.3 Å². The third-order valence-electron chi connectivity index (χ3n) is 1.07. The van der Waals surface area contributed by atoms with Gasteiger partial charge in [0.25, 0.3) is 0 Å². The topological polar surface area (TPSA) is 46.5 Å². The van der Waals surface area contributed by atoms with E-state index in [4.69, 9.17) is 16.3 Å². The Labute approximate surface area is 66.4 Å². The van der Waals surface area contributed by atoms with Gasteiger partial charge in [-0.05, 0) is 6.42 Å². The van der Waals surface area contributed by atoms with E-state index >= 15 is 0 Å². The maximum Gasteiger partial charge on any atom is 0.303 e. The van der Waals surface area contributed by atoms with Crippen molar-refractivity contribution in [1.82, 2.24) is 0 Å². The maximum atomic E-state index is 10.0. The van der Waals surface area contributed by atoms with E-state index in [0.717, 1.165) is 0 Å². The zero-order valence-electron chi connectivity index (χ0n) is 6.38. The lowest BCUT2D eigenvalue weighted by atomic mass is 10.3. The standard InChI is InChI=1S/C8H12O3/c1-2-3-6-11-7-4-5-8(9)10/h1H,3-7H2,(H,9,10). The predicted molar refractivity (Wildman–Crippen MR) is 41.1 cm³/mol. The molecule has 0 bridgehead atoms. The minimum Gasteiger partial charge on any atom is -0.481 e. The van der Waals surface area contributed by atoms with Crippen LogP contribution in [0.15, 0.2) is 0 Å². The number of ether oxygens (including phenoxy) is 1. The summed E-state index contributed by atoms with van der Waals surface area (Å²) in [4.78, 5) is 10.0. The van der Waals surface area contributed by atoms with Gasteiger partial charge in [0.1, 0.15) is 0 Å². The first kappa shape index (κ1) is 9.99. The fourth-order valence-electron chi connectivity index (χ4n) is 0.559. The minimum absolute atomic E-state index is 0.163. The van der Waals surface area contributed by atoms with E-state index in [1.165, 1.54) is 0 Å². The summed E-state index contributed by atoms with van der Waals surface area (Å²) in [5, 5.41) is 8.23. The monoisotopic (exact) mass is 156 g/mol. The van der Waals surface area contributed by atoms with E-state index in [2.05, 4.69) is 5.92 Å². The Balaban J connectivity index is 2.92. The van der Waals surface area contributed by atoms with Crippen LogP contribution in [0.5, 0.6) is 0 Å². The molecule has 0 aliphatic heterocycles. The van der Waals surface area contributed by atoms with Crippen LogP contribution in [0.2, 0.25) is 0 Å². The first-order valence-electron chi connectivity index (χ1n) is 3.50. The van der Waals surface area contributed by atoms with Crippen molar-refractivity contribution >= 4 is 5.97 Å². The molecular weight excluding hydrogens is 144 g/mol. The number of hydrogen-bond donors (Lipinski definition) is 1. The van der Waals surface area contributed by atoms with Crippen molar-refractivity contribution in [2.45, 2.75) is 19.3 Å². The molecule has 0 aromatic carbocycles. The van der Waals surface area contributed by atoms with Gasteiger partial charge < -0.3 is 9.84 Å². The number of rotatable bonds is 6. The lowest BCUT2D eigenvalue weighted by molar-refractivity contribution is -0.137. The summed E-state index contributed by atoms with van der Waals surface area (Å²) in [6.07, 6.45) is 6.28. The number of hydrogen-bond acceptors (Lipinski definition) is 2. The van der Waals surface area contributed by atoms with Crippen molar-refractivity contribution < 1.29 is 14.6 Å². The zero-order valence-corrected chi connectivity index (χ0v) is 6.38. The Kier molecular flexibility index (Phi) is 6.45. The van der Waals surface area contributed by atoms with Gasteiger partial charge in [-0.15, -0.1) is 12.3 Å². The summed E-state index contributed by atoms with van der Waals surface area (Å²) in [5.41, 5.74) is 0. The van der Waals surface area contributed by atoms with E-state index in [1.807, 2.05) is 0 Å². The quantitative estimate of drug-likeness (QED) is 0.459. The Bertz CT molecular complexity index is 146. The van der Waals surface area contributed by atoms with Gasteiger partial charge in [0.15, 0.2) is 0 Å². The molecule has 3 nitrogen and oxygen atoms in total. The van der Waals surface area contributed by atoms with Gasteiger partial charge in [-0.2, -0.15) is 0 Å². The van der Waals surface area contributed by atoms with Crippen LogP contribution in [-0.2, 0) is 9.53 Å². The summed E-state index contributed by atoms with van der Waals surface area (Å²) in [6.45, 7) is 1.00. The van der Waals surface area contributed by atoms with Gasteiger partial charge in [-0.25, -0.2) is 0 Å². The molecule has 0 spiro atoms. The molecule has 0 aliphatic rings. The molecule has 0 aromatic rings. The van der Waals surface area contributed by atoms with Crippen LogP contribution in [0.25, 0.3) is 0 Å². The highest BCUT2D eigenvalue weighted by atomic mass is 16.5. The van der Waals surface area contributed by atoms with Crippen molar-refractivity contribution in [2.75, 3.05) is 13.2 Å². The second kappa shape index (κ2) is 7.10. The Morgan fingerprint density at radius 1 is 1.55 bits per heavy atom. The van der Waals surface area contributed by atoms with E-state index in [0.29, 0.717) is 26.1 Å². The Morgan fingerprint density at radius 2 is 2.27 bits per heavy atom. The molecule has 0 saturated carbocycles.